The van der Waals surface area contributed by atoms with Crippen LogP contribution in [0, 0.1) is 0 Å². The molecule has 0 radical (unpaired) electrons. The second-order valence-electron chi connectivity index (χ2n) is 6.00. The Balaban J connectivity index is 2.40. The number of hydrogen-bond donors (Lipinski definition) is 1. The van der Waals surface area contributed by atoms with Crippen LogP contribution in [0.15, 0.2) is 4.42 Å². The average molecular weight is 267 g/mol. The summed E-state index contributed by atoms with van der Waals surface area (Å²) in [6.45, 7) is 8.53. The normalized spacial score (nSPS) is 23.8. The third-order valence-electron chi connectivity index (χ3n) is 3.48. The summed E-state index contributed by atoms with van der Waals surface area (Å²) >= 11 is 0. The van der Waals surface area contributed by atoms with Gasteiger partial charge in [0.1, 0.15) is 0 Å². The van der Waals surface area contributed by atoms with Gasteiger partial charge in [-0.1, -0.05) is 27.7 Å². The van der Waals surface area contributed by atoms with E-state index in [0.29, 0.717) is 18.2 Å². The summed E-state index contributed by atoms with van der Waals surface area (Å²) in [5.41, 5.74) is 0.160. The van der Waals surface area contributed by atoms with Crippen LogP contribution in [-0.4, -0.2) is 28.8 Å². The van der Waals surface area contributed by atoms with Gasteiger partial charge in [-0.3, -0.25) is 0 Å². The van der Waals surface area contributed by atoms with Crippen molar-refractivity contribution in [3.8, 4) is 0 Å². The maximum absolute atomic E-state index is 11.3. The van der Waals surface area contributed by atoms with Crippen molar-refractivity contribution in [2.24, 2.45) is 0 Å². The predicted molar refractivity (Wildman–Crippen MR) is 69.6 cm³/mol. The maximum Gasteiger partial charge on any atom is 0.373 e. The maximum atomic E-state index is 11.3. The highest BCUT2D eigenvalue weighted by atomic mass is 16.5. The first kappa shape index (κ1) is 14.1. The van der Waals surface area contributed by atoms with Gasteiger partial charge in [0.25, 0.3) is 0 Å². The van der Waals surface area contributed by atoms with E-state index in [-0.39, 0.29) is 23.2 Å². The summed E-state index contributed by atoms with van der Waals surface area (Å²) in [5.74, 6) is -0.522. The SMILES string of the molecule is CCC1OCCC1c1nc(C(C)(C)C)c(C(=O)O)o1. The predicted octanol–water partition coefficient (Wildman–Crippen LogP) is 2.95. The van der Waals surface area contributed by atoms with E-state index >= 15 is 0 Å². The highest BCUT2D eigenvalue weighted by Crippen LogP contribution is 2.35. The number of hydrogen-bond acceptors (Lipinski definition) is 4. The minimum Gasteiger partial charge on any atom is -0.475 e. The van der Waals surface area contributed by atoms with Crippen LogP contribution in [0.1, 0.15) is 68.6 Å². The fourth-order valence-corrected chi connectivity index (χ4v) is 2.48. The zero-order valence-electron chi connectivity index (χ0n) is 11.9. The van der Waals surface area contributed by atoms with Crippen molar-refractivity contribution in [1.82, 2.24) is 4.98 Å². The lowest BCUT2D eigenvalue weighted by Gasteiger charge is -2.15. The molecule has 1 aromatic heterocycles. The molecule has 106 valence electrons. The van der Waals surface area contributed by atoms with Crippen LogP contribution in [0.25, 0.3) is 0 Å². The minimum absolute atomic E-state index is 0.0377. The zero-order valence-corrected chi connectivity index (χ0v) is 11.9. The van der Waals surface area contributed by atoms with E-state index in [4.69, 9.17) is 9.15 Å². The van der Waals surface area contributed by atoms with Crippen LogP contribution < -0.4 is 0 Å². The number of oxazole rings is 1. The van der Waals surface area contributed by atoms with Crippen molar-refractivity contribution in [3.05, 3.63) is 17.3 Å². The highest BCUT2D eigenvalue weighted by molar-refractivity contribution is 5.86. The Morgan fingerprint density at radius 1 is 1.47 bits per heavy atom. The van der Waals surface area contributed by atoms with Crippen LogP contribution in [-0.2, 0) is 10.2 Å². The van der Waals surface area contributed by atoms with Gasteiger partial charge < -0.3 is 14.3 Å². The molecule has 19 heavy (non-hydrogen) atoms. The molecular weight excluding hydrogens is 246 g/mol. The lowest BCUT2D eigenvalue weighted by molar-refractivity contribution is 0.0650. The van der Waals surface area contributed by atoms with Crippen molar-refractivity contribution in [1.29, 1.82) is 0 Å². The summed E-state index contributed by atoms with van der Waals surface area (Å²) in [4.78, 5) is 15.7. The first-order valence-electron chi connectivity index (χ1n) is 6.70. The van der Waals surface area contributed by atoms with E-state index in [1.54, 1.807) is 0 Å². The van der Waals surface area contributed by atoms with Crippen molar-refractivity contribution in [2.75, 3.05) is 6.61 Å². The topological polar surface area (TPSA) is 72.6 Å². The van der Waals surface area contributed by atoms with Gasteiger partial charge in [-0.25, -0.2) is 9.78 Å². The third kappa shape index (κ3) is 2.66. The Bertz CT molecular complexity index is 472. The molecule has 1 fully saturated rings. The summed E-state index contributed by atoms with van der Waals surface area (Å²) < 4.78 is 11.1. The largest absolute Gasteiger partial charge is 0.475 e. The third-order valence-corrected chi connectivity index (χ3v) is 3.48. The van der Waals surface area contributed by atoms with Gasteiger partial charge in [-0.2, -0.15) is 0 Å². The molecule has 1 aliphatic heterocycles. The van der Waals surface area contributed by atoms with Crippen LogP contribution >= 0.6 is 0 Å². The molecule has 1 saturated heterocycles. The number of carboxylic acid groups (broad SMARTS) is 1. The molecule has 5 heteroatoms. The van der Waals surface area contributed by atoms with E-state index in [1.165, 1.54) is 0 Å². The average Bonchev–Trinajstić information content (AvgIpc) is 2.93. The number of carbonyl (C=O) groups is 1. The van der Waals surface area contributed by atoms with Crippen molar-refractivity contribution in [2.45, 2.75) is 58.0 Å². The first-order chi connectivity index (χ1) is 8.84. The fraction of sp³-hybridized carbons (Fsp3) is 0.714. The molecule has 0 aromatic carbocycles. The second kappa shape index (κ2) is 4.96. The molecule has 0 spiro atoms. The standard InChI is InChI=1S/C14H21NO4/c1-5-9-8(6-7-18-9)12-15-11(14(2,3)4)10(19-12)13(16)17/h8-9H,5-7H2,1-4H3,(H,16,17). The Morgan fingerprint density at radius 2 is 2.16 bits per heavy atom. The smallest absolute Gasteiger partial charge is 0.373 e. The van der Waals surface area contributed by atoms with E-state index in [2.05, 4.69) is 11.9 Å². The van der Waals surface area contributed by atoms with Crippen LogP contribution in [0.5, 0.6) is 0 Å². The molecule has 0 aliphatic carbocycles. The Hall–Kier alpha value is -1.36. The molecule has 1 N–H and O–H groups in total. The molecule has 1 aromatic rings. The molecule has 2 unspecified atom stereocenters. The molecule has 0 saturated carbocycles. The van der Waals surface area contributed by atoms with Gasteiger partial charge in [-0.15, -0.1) is 0 Å². The highest BCUT2D eigenvalue weighted by Gasteiger charge is 2.36. The molecular formula is C14H21NO4. The summed E-state index contributed by atoms with van der Waals surface area (Å²) in [6.07, 6.45) is 1.79. The van der Waals surface area contributed by atoms with Gasteiger partial charge in [0.05, 0.1) is 17.7 Å². The Labute approximate surface area is 113 Å². The van der Waals surface area contributed by atoms with Crippen molar-refractivity contribution < 1.29 is 19.1 Å². The molecule has 2 rings (SSSR count). The van der Waals surface area contributed by atoms with Crippen LogP contribution in [0.2, 0.25) is 0 Å². The van der Waals surface area contributed by atoms with Crippen LogP contribution in [0.4, 0.5) is 0 Å². The number of nitrogens with zero attached hydrogens (tertiary/aromatic N) is 1. The summed E-state index contributed by atoms with van der Waals surface area (Å²) in [7, 11) is 0. The van der Waals surface area contributed by atoms with E-state index in [9.17, 15) is 9.90 Å². The summed E-state index contributed by atoms with van der Waals surface area (Å²) in [6, 6.07) is 0. The minimum atomic E-state index is -1.06. The first-order valence-corrected chi connectivity index (χ1v) is 6.70. The molecule has 0 amide bonds. The van der Waals surface area contributed by atoms with Crippen molar-refractivity contribution >= 4 is 5.97 Å². The van der Waals surface area contributed by atoms with Gasteiger partial charge >= 0.3 is 5.97 Å². The molecule has 1 aliphatic rings. The Morgan fingerprint density at radius 3 is 2.63 bits per heavy atom. The number of rotatable bonds is 3. The fourth-order valence-electron chi connectivity index (χ4n) is 2.48. The van der Waals surface area contributed by atoms with E-state index in [1.807, 2.05) is 20.8 Å². The molecule has 2 heterocycles. The number of aromatic nitrogens is 1. The second-order valence-corrected chi connectivity index (χ2v) is 6.00. The molecule has 5 nitrogen and oxygen atoms in total. The number of carboxylic acids is 1. The summed E-state index contributed by atoms with van der Waals surface area (Å²) in [5, 5.41) is 9.24. The number of ether oxygens (including phenoxy) is 1. The lowest BCUT2D eigenvalue weighted by Crippen LogP contribution is -2.17. The van der Waals surface area contributed by atoms with Gasteiger partial charge in [0.15, 0.2) is 0 Å². The quantitative estimate of drug-likeness (QED) is 0.911. The van der Waals surface area contributed by atoms with E-state index < -0.39 is 5.97 Å². The zero-order chi connectivity index (χ0) is 14.2. The van der Waals surface area contributed by atoms with Gasteiger partial charge in [0, 0.05) is 12.0 Å². The lowest BCUT2D eigenvalue weighted by atomic mass is 9.91. The van der Waals surface area contributed by atoms with Crippen molar-refractivity contribution in [3.63, 3.8) is 0 Å². The van der Waals surface area contributed by atoms with E-state index in [0.717, 1.165) is 12.8 Å². The van der Waals surface area contributed by atoms with Gasteiger partial charge in [0.2, 0.25) is 11.7 Å². The van der Waals surface area contributed by atoms with Gasteiger partial charge in [-0.05, 0) is 12.8 Å². The monoisotopic (exact) mass is 267 g/mol. The molecule has 0 bridgehead atoms. The number of aromatic carboxylic acids is 1. The molecule has 2 atom stereocenters. The Kier molecular flexibility index (Phi) is 3.67. The van der Waals surface area contributed by atoms with Crippen LogP contribution in [0.3, 0.4) is 0 Å².